The van der Waals surface area contributed by atoms with Gasteiger partial charge >= 0.3 is 17.6 Å². The van der Waals surface area contributed by atoms with Gasteiger partial charge in [0.05, 0.1) is 13.0 Å². The van der Waals surface area contributed by atoms with Gasteiger partial charge in [-0.3, -0.25) is 23.9 Å². The van der Waals surface area contributed by atoms with Crippen molar-refractivity contribution in [1.29, 1.82) is 0 Å². The maximum atomic E-state index is 11.9. The van der Waals surface area contributed by atoms with E-state index in [0.29, 0.717) is 0 Å². The quantitative estimate of drug-likeness (QED) is 0.324. The van der Waals surface area contributed by atoms with E-state index in [1.54, 1.807) is 0 Å². The van der Waals surface area contributed by atoms with Crippen LogP contribution in [0.5, 0.6) is 0 Å². The summed E-state index contributed by atoms with van der Waals surface area (Å²) >= 11 is 0. The molecule has 2 heterocycles. The molecule has 11 heteroatoms. The third-order valence-corrected chi connectivity index (χ3v) is 3.43. The minimum Gasteiger partial charge on any atom is -0.394 e. The Morgan fingerprint density at radius 1 is 1.33 bits per heavy atom. The van der Waals surface area contributed by atoms with Crippen LogP contribution in [0.2, 0.25) is 0 Å². The lowest BCUT2D eigenvalue weighted by atomic mass is 10.1. The van der Waals surface area contributed by atoms with Crippen molar-refractivity contribution in [3.63, 3.8) is 0 Å². The van der Waals surface area contributed by atoms with Crippen molar-refractivity contribution < 1.29 is 34.4 Å². The van der Waals surface area contributed by atoms with Crippen LogP contribution in [0.4, 0.5) is 0 Å². The fourth-order valence-corrected chi connectivity index (χ4v) is 2.30. The second-order valence-corrected chi connectivity index (χ2v) is 5.19. The van der Waals surface area contributed by atoms with Gasteiger partial charge in [-0.2, -0.15) is 0 Å². The number of carbonyl (C=O) groups excluding carboxylic acids is 2. The molecular formula is C13H16N2O9. The molecule has 1 aliphatic heterocycles. The summed E-state index contributed by atoms with van der Waals surface area (Å²) in [7, 11) is 0. The van der Waals surface area contributed by atoms with Crippen molar-refractivity contribution in [3.8, 4) is 0 Å². The third kappa shape index (κ3) is 3.59. The first-order chi connectivity index (χ1) is 11.2. The van der Waals surface area contributed by atoms with Gasteiger partial charge in [-0.15, -0.1) is 0 Å². The number of aliphatic hydroxyl groups is 3. The standard InChI is InChI=1S/C13H16N2O9/c1-5(17)23-8(18)2-6-3-15(13(22)14-11(6)21)12-10(20)9(19)7(4-16)24-12/h3,7,9-10,12,16,19-20H,2,4H2,1H3,(H,14,21,22)/t7-,9-,10-,12-/m1/s1. The number of H-pyrrole nitrogens is 1. The topological polar surface area (TPSA) is 168 Å². The Morgan fingerprint density at radius 3 is 2.54 bits per heavy atom. The molecule has 0 amide bonds. The average Bonchev–Trinajstić information content (AvgIpc) is 2.77. The van der Waals surface area contributed by atoms with Crippen LogP contribution in [0.1, 0.15) is 18.7 Å². The van der Waals surface area contributed by atoms with Crippen LogP contribution in [0.15, 0.2) is 15.8 Å². The van der Waals surface area contributed by atoms with Gasteiger partial charge in [0.15, 0.2) is 6.23 Å². The third-order valence-electron chi connectivity index (χ3n) is 3.43. The predicted octanol–water partition coefficient (Wildman–Crippen LogP) is -3.22. The fraction of sp³-hybridized carbons (Fsp3) is 0.538. The molecule has 1 aromatic rings. The van der Waals surface area contributed by atoms with Crippen LogP contribution < -0.4 is 11.2 Å². The molecule has 0 radical (unpaired) electrons. The van der Waals surface area contributed by atoms with E-state index >= 15 is 0 Å². The van der Waals surface area contributed by atoms with Crippen molar-refractivity contribution >= 4 is 11.9 Å². The van der Waals surface area contributed by atoms with Crippen molar-refractivity contribution in [2.45, 2.75) is 37.9 Å². The van der Waals surface area contributed by atoms with Crippen LogP contribution in [0, 0.1) is 0 Å². The summed E-state index contributed by atoms with van der Waals surface area (Å²) in [6.45, 7) is 0.423. The molecule has 1 aliphatic rings. The SMILES string of the molecule is CC(=O)OC(=O)Cc1cn([C@@H]2O[C@H](CO)[C@@H](O)[C@H]2O)c(=O)[nH]c1=O. The molecular weight excluding hydrogens is 328 g/mol. The number of hydrogen-bond acceptors (Lipinski definition) is 9. The Bertz CT molecular complexity index is 753. The van der Waals surface area contributed by atoms with Crippen molar-refractivity contribution in [3.05, 3.63) is 32.6 Å². The largest absolute Gasteiger partial charge is 0.394 e. The summed E-state index contributed by atoms with van der Waals surface area (Å²) in [5.74, 6) is -1.85. The number of aromatic nitrogens is 2. The molecule has 1 fully saturated rings. The predicted molar refractivity (Wildman–Crippen MR) is 74.8 cm³/mol. The Balaban J connectivity index is 2.33. The fourth-order valence-electron chi connectivity index (χ4n) is 2.30. The average molecular weight is 344 g/mol. The first-order valence-electron chi connectivity index (χ1n) is 6.92. The van der Waals surface area contributed by atoms with Crippen LogP contribution >= 0.6 is 0 Å². The molecule has 2 rings (SSSR count). The molecule has 0 aromatic carbocycles. The summed E-state index contributed by atoms with van der Waals surface area (Å²) in [6.07, 6.45) is -5.10. The minimum atomic E-state index is -1.54. The van der Waals surface area contributed by atoms with Gasteiger partial charge in [0.2, 0.25) is 0 Å². The van der Waals surface area contributed by atoms with Gasteiger partial charge < -0.3 is 24.8 Å². The van der Waals surface area contributed by atoms with Crippen LogP contribution in [-0.2, 0) is 25.5 Å². The molecule has 11 nitrogen and oxygen atoms in total. The molecule has 0 spiro atoms. The molecule has 132 valence electrons. The molecule has 0 bridgehead atoms. The van der Waals surface area contributed by atoms with Gasteiger partial charge in [0.1, 0.15) is 18.3 Å². The number of rotatable bonds is 4. The van der Waals surface area contributed by atoms with Crippen molar-refractivity contribution in [2.24, 2.45) is 0 Å². The molecule has 1 aromatic heterocycles. The summed E-state index contributed by atoms with van der Waals surface area (Å²) < 4.78 is 10.3. The van der Waals surface area contributed by atoms with Crippen LogP contribution in [0.3, 0.4) is 0 Å². The highest BCUT2D eigenvalue weighted by atomic mass is 16.6. The second kappa shape index (κ2) is 7.05. The summed E-state index contributed by atoms with van der Waals surface area (Å²) in [5.41, 5.74) is -2.03. The number of aliphatic hydroxyl groups excluding tert-OH is 3. The number of esters is 2. The molecule has 4 atom stereocenters. The van der Waals surface area contributed by atoms with Gasteiger partial charge in [-0.05, 0) is 0 Å². The molecule has 24 heavy (non-hydrogen) atoms. The molecule has 1 saturated heterocycles. The first-order valence-corrected chi connectivity index (χ1v) is 6.92. The number of aromatic amines is 1. The van der Waals surface area contributed by atoms with E-state index in [1.807, 2.05) is 4.98 Å². The minimum absolute atomic E-state index is 0.210. The maximum absolute atomic E-state index is 11.9. The molecule has 4 N–H and O–H groups in total. The van der Waals surface area contributed by atoms with Gasteiger partial charge in [0, 0.05) is 18.7 Å². The lowest BCUT2D eigenvalue weighted by Gasteiger charge is -2.17. The Labute approximate surface area is 134 Å². The van der Waals surface area contributed by atoms with E-state index in [0.717, 1.165) is 17.7 Å². The smallest absolute Gasteiger partial charge is 0.330 e. The first kappa shape index (κ1) is 18.0. The maximum Gasteiger partial charge on any atom is 0.330 e. The van der Waals surface area contributed by atoms with Crippen molar-refractivity contribution in [1.82, 2.24) is 9.55 Å². The van der Waals surface area contributed by atoms with E-state index in [9.17, 15) is 29.4 Å². The number of hydrogen-bond donors (Lipinski definition) is 4. The van der Waals surface area contributed by atoms with E-state index in [-0.39, 0.29) is 5.56 Å². The normalized spacial score (nSPS) is 26.3. The lowest BCUT2D eigenvalue weighted by molar-refractivity contribution is -0.157. The molecule has 0 unspecified atom stereocenters. The number of carbonyl (C=O) groups is 2. The van der Waals surface area contributed by atoms with Crippen LogP contribution in [0.25, 0.3) is 0 Å². The lowest BCUT2D eigenvalue weighted by Crippen LogP contribution is -2.39. The second-order valence-electron chi connectivity index (χ2n) is 5.19. The highest BCUT2D eigenvalue weighted by Gasteiger charge is 2.43. The Hall–Kier alpha value is -2.34. The van der Waals surface area contributed by atoms with Gasteiger partial charge in [-0.1, -0.05) is 0 Å². The Morgan fingerprint density at radius 2 is 2.00 bits per heavy atom. The number of ether oxygens (including phenoxy) is 2. The number of nitrogens with one attached hydrogen (secondary N) is 1. The molecule has 0 saturated carbocycles. The van der Waals surface area contributed by atoms with E-state index in [2.05, 4.69) is 4.74 Å². The van der Waals surface area contributed by atoms with E-state index < -0.39 is 60.8 Å². The highest BCUT2D eigenvalue weighted by molar-refractivity contribution is 5.85. The summed E-state index contributed by atoms with van der Waals surface area (Å²) in [5, 5.41) is 28.7. The van der Waals surface area contributed by atoms with Gasteiger partial charge in [0.25, 0.3) is 5.56 Å². The van der Waals surface area contributed by atoms with E-state index in [4.69, 9.17) is 9.84 Å². The Kier molecular flexibility index (Phi) is 5.29. The number of nitrogens with zero attached hydrogens (tertiary/aromatic N) is 1. The zero-order chi connectivity index (χ0) is 18.0. The highest BCUT2D eigenvalue weighted by Crippen LogP contribution is 2.27. The monoisotopic (exact) mass is 344 g/mol. The van der Waals surface area contributed by atoms with Gasteiger partial charge in [-0.25, -0.2) is 4.79 Å². The zero-order valence-corrected chi connectivity index (χ0v) is 12.5. The molecule has 0 aliphatic carbocycles. The van der Waals surface area contributed by atoms with E-state index in [1.165, 1.54) is 0 Å². The van der Waals surface area contributed by atoms with Crippen molar-refractivity contribution in [2.75, 3.05) is 6.61 Å². The summed E-state index contributed by atoms with van der Waals surface area (Å²) in [4.78, 5) is 47.8. The van der Waals surface area contributed by atoms with Crippen LogP contribution in [-0.4, -0.2) is 61.7 Å². The zero-order valence-electron chi connectivity index (χ0n) is 12.5. The summed E-state index contributed by atoms with van der Waals surface area (Å²) in [6, 6.07) is 0.